The zero-order chi connectivity index (χ0) is 9.22. The van der Waals surface area contributed by atoms with E-state index < -0.39 is 0 Å². The van der Waals surface area contributed by atoms with Crippen LogP contribution in [0.15, 0.2) is 11.6 Å². The summed E-state index contributed by atoms with van der Waals surface area (Å²) in [6.07, 6.45) is 6.17. The molecule has 0 radical (unpaired) electrons. The average molecular weight is 176 g/mol. The summed E-state index contributed by atoms with van der Waals surface area (Å²) >= 11 is 0. The van der Waals surface area contributed by atoms with Crippen LogP contribution in [0.3, 0.4) is 0 Å². The van der Waals surface area contributed by atoms with Gasteiger partial charge < -0.3 is 0 Å². The molecule has 0 aromatic carbocycles. The van der Waals surface area contributed by atoms with Gasteiger partial charge in [0.2, 0.25) is 0 Å². The van der Waals surface area contributed by atoms with Crippen LogP contribution in [-0.4, -0.2) is 5.78 Å². The predicted octanol–water partition coefficient (Wildman–Crippen LogP) is 2.57. The van der Waals surface area contributed by atoms with Gasteiger partial charge in [-0.15, -0.1) is 0 Å². The molecule has 0 aromatic heterocycles. The Kier molecular flexibility index (Phi) is 1.24. The molecule has 1 nitrogen and oxygen atoms in total. The summed E-state index contributed by atoms with van der Waals surface area (Å²) in [6, 6.07) is 0. The molecule has 4 unspecified atom stereocenters. The first-order valence-electron chi connectivity index (χ1n) is 5.40. The van der Waals surface area contributed by atoms with Crippen LogP contribution >= 0.6 is 0 Å². The number of hydrogen-bond acceptors (Lipinski definition) is 1. The maximum Gasteiger partial charge on any atom is 0.145 e. The van der Waals surface area contributed by atoms with Crippen molar-refractivity contribution in [2.24, 2.45) is 23.2 Å². The van der Waals surface area contributed by atoms with E-state index >= 15 is 0 Å². The fourth-order valence-electron chi connectivity index (χ4n) is 3.67. The van der Waals surface area contributed by atoms with E-state index in [9.17, 15) is 4.79 Å². The zero-order valence-electron chi connectivity index (χ0n) is 8.34. The topological polar surface area (TPSA) is 17.1 Å². The molecule has 0 saturated heterocycles. The molecule has 3 aliphatic rings. The summed E-state index contributed by atoms with van der Waals surface area (Å²) in [4.78, 5) is 11.4. The highest BCUT2D eigenvalue weighted by atomic mass is 16.1. The highest BCUT2D eigenvalue weighted by Gasteiger charge is 2.64. The second kappa shape index (κ2) is 2.08. The van der Waals surface area contributed by atoms with Crippen LogP contribution in [0.25, 0.3) is 0 Å². The molecule has 0 bridgehead atoms. The molecule has 3 aliphatic carbocycles. The molecule has 70 valence electrons. The van der Waals surface area contributed by atoms with Crippen LogP contribution in [0.1, 0.15) is 33.1 Å². The molecule has 2 saturated carbocycles. The lowest BCUT2D eigenvalue weighted by Gasteiger charge is -2.38. The lowest BCUT2D eigenvalue weighted by atomic mass is 9.66. The number of Topliss-reactive ketones (excluding diaryl/α,β-unsaturated/α-hetero) is 1. The third-order valence-electron chi connectivity index (χ3n) is 4.45. The predicted molar refractivity (Wildman–Crippen MR) is 51.2 cm³/mol. The van der Waals surface area contributed by atoms with E-state index in [1.165, 1.54) is 19.3 Å². The van der Waals surface area contributed by atoms with Crippen molar-refractivity contribution < 1.29 is 4.79 Å². The molecular formula is C12H16O. The van der Waals surface area contributed by atoms with Crippen molar-refractivity contribution in [1.29, 1.82) is 0 Å². The SMILES string of the molecule is CC1CCCC2(C)C1=CC1C(=O)C12. The first-order valence-corrected chi connectivity index (χ1v) is 5.40. The Labute approximate surface area is 79.2 Å². The van der Waals surface area contributed by atoms with E-state index in [1.54, 1.807) is 5.57 Å². The van der Waals surface area contributed by atoms with Crippen LogP contribution in [0.5, 0.6) is 0 Å². The first kappa shape index (κ1) is 7.78. The highest BCUT2D eigenvalue weighted by Crippen LogP contribution is 2.64. The van der Waals surface area contributed by atoms with Crippen molar-refractivity contribution in [3.63, 3.8) is 0 Å². The Morgan fingerprint density at radius 3 is 3.08 bits per heavy atom. The van der Waals surface area contributed by atoms with Gasteiger partial charge in [-0.2, -0.15) is 0 Å². The molecule has 2 fully saturated rings. The van der Waals surface area contributed by atoms with Crippen molar-refractivity contribution in [3.05, 3.63) is 11.6 Å². The van der Waals surface area contributed by atoms with Gasteiger partial charge in [-0.05, 0) is 24.2 Å². The number of carbonyl (C=O) groups is 1. The summed E-state index contributed by atoms with van der Waals surface area (Å²) in [7, 11) is 0. The number of rotatable bonds is 0. The lowest BCUT2D eigenvalue weighted by Crippen LogP contribution is -2.29. The Morgan fingerprint density at radius 2 is 2.31 bits per heavy atom. The Hall–Kier alpha value is -0.590. The maximum atomic E-state index is 11.4. The second-order valence-corrected chi connectivity index (χ2v) is 5.24. The maximum absolute atomic E-state index is 11.4. The Morgan fingerprint density at radius 1 is 1.54 bits per heavy atom. The quantitative estimate of drug-likeness (QED) is 0.518. The van der Waals surface area contributed by atoms with Gasteiger partial charge in [-0.25, -0.2) is 0 Å². The number of allylic oxidation sites excluding steroid dienone is 2. The van der Waals surface area contributed by atoms with E-state index in [0.29, 0.717) is 17.6 Å². The van der Waals surface area contributed by atoms with Gasteiger partial charge in [-0.3, -0.25) is 4.79 Å². The molecule has 0 aliphatic heterocycles. The zero-order valence-corrected chi connectivity index (χ0v) is 8.34. The van der Waals surface area contributed by atoms with Gasteiger partial charge in [0.15, 0.2) is 0 Å². The van der Waals surface area contributed by atoms with Crippen LogP contribution in [0.4, 0.5) is 0 Å². The second-order valence-electron chi connectivity index (χ2n) is 5.24. The third-order valence-corrected chi connectivity index (χ3v) is 4.45. The summed E-state index contributed by atoms with van der Waals surface area (Å²) in [5, 5.41) is 0. The Bertz CT molecular complexity index is 315. The molecule has 1 heteroatoms. The number of carbonyl (C=O) groups excluding carboxylic acids is 1. The summed E-state index contributed by atoms with van der Waals surface area (Å²) in [5.74, 6) is 1.98. The largest absolute Gasteiger partial charge is 0.299 e. The Balaban J connectivity index is 2.04. The summed E-state index contributed by atoms with van der Waals surface area (Å²) in [5.41, 5.74) is 1.88. The van der Waals surface area contributed by atoms with E-state index in [1.807, 2.05) is 0 Å². The first-order chi connectivity index (χ1) is 6.14. The molecule has 3 rings (SSSR count). The lowest BCUT2D eigenvalue weighted by molar-refractivity contribution is -0.113. The molecule has 0 amide bonds. The van der Waals surface area contributed by atoms with Gasteiger partial charge in [0.05, 0.1) is 0 Å². The van der Waals surface area contributed by atoms with Gasteiger partial charge in [0, 0.05) is 11.8 Å². The molecular weight excluding hydrogens is 160 g/mol. The normalized spacial score (nSPS) is 52.6. The van der Waals surface area contributed by atoms with Crippen LogP contribution in [0, 0.1) is 23.2 Å². The number of hydrogen-bond donors (Lipinski definition) is 0. The molecule has 0 heterocycles. The number of ketones is 1. The van der Waals surface area contributed by atoms with E-state index in [-0.39, 0.29) is 5.41 Å². The standard InChI is InChI=1S/C12H16O/c1-7-4-3-5-12(2)9(7)6-8-10(12)11(8)13/h6-8,10H,3-5H2,1-2H3. The monoisotopic (exact) mass is 176 g/mol. The summed E-state index contributed by atoms with van der Waals surface area (Å²) < 4.78 is 0. The smallest absolute Gasteiger partial charge is 0.145 e. The molecule has 13 heavy (non-hydrogen) atoms. The van der Waals surface area contributed by atoms with Crippen LogP contribution < -0.4 is 0 Å². The minimum Gasteiger partial charge on any atom is -0.299 e. The van der Waals surface area contributed by atoms with Crippen molar-refractivity contribution in [2.75, 3.05) is 0 Å². The fraction of sp³-hybridized carbons (Fsp3) is 0.750. The third kappa shape index (κ3) is 0.762. The van der Waals surface area contributed by atoms with E-state index in [0.717, 1.165) is 5.92 Å². The molecule has 4 atom stereocenters. The van der Waals surface area contributed by atoms with Crippen molar-refractivity contribution in [3.8, 4) is 0 Å². The van der Waals surface area contributed by atoms with Crippen molar-refractivity contribution in [2.45, 2.75) is 33.1 Å². The van der Waals surface area contributed by atoms with Crippen LogP contribution in [0.2, 0.25) is 0 Å². The fourth-order valence-corrected chi connectivity index (χ4v) is 3.67. The average Bonchev–Trinajstić information content (AvgIpc) is 2.55. The number of fused-ring (bicyclic) bond motifs is 3. The van der Waals surface area contributed by atoms with Crippen molar-refractivity contribution >= 4 is 5.78 Å². The van der Waals surface area contributed by atoms with Gasteiger partial charge in [0.25, 0.3) is 0 Å². The van der Waals surface area contributed by atoms with E-state index in [4.69, 9.17) is 0 Å². The summed E-state index contributed by atoms with van der Waals surface area (Å²) in [6.45, 7) is 4.63. The minimum absolute atomic E-state index is 0.277. The molecule has 0 spiro atoms. The van der Waals surface area contributed by atoms with Crippen molar-refractivity contribution in [1.82, 2.24) is 0 Å². The van der Waals surface area contributed by atoms with Gasteiger partial charge in [-0.1, -0.05) is 31.9 Å². The van der Waals surface area contributed by atoms with Crippen LogP contribution in [-0.2, 0) is 4.79 Å². The van der Waals surface area contributed by atoms with Gasteiger partial charge in [0.1, 0.15) is 5.78 Å². The van der Waals surface area contributed by atoms with Gasteiger partial charge >= 0.3 is 0 Å². The molecule has 0 aromatic rings. The highest BCUT2D eigenvalue weighted by molar-refractivity contribution is 6.04. The minimum atomic E-state index is 0.277. The molecule has 0 N–H and O–H groups in total. The van der Waals surface area contributed by atoms with E-state index in [2.05, 4.69) is 19.9 Å².